The summed E-state index contributed by atoms with van der Waals surface area (Å²) < 4.78 is 0. The number of aliphatic hydroxyl groups is 1. The highest BCUT2D eigenvalue weighted by Gasteiger charge is 2.44. The van der Waals surface area contributed by atoms with Gasteiger partial charge in [0.05, 0.1) is 11.7 Å². The molecule has 3 heterocycles. The average Bonchev–Trinajstić information content (AvgIpc) is 3.07. The predicted octanol–water partition coefficient (Wildman–Crippen LogP) is 1.98. The third-order valence-electron chi connectivity index (χ3n) is 5.48. The highest BCUT2D eigenvalue weighted by Crippen LogP contribution is 2.35. The van der Waals surface area contributed by atoms with E-state index in [2.05, 4.69) is 31.0 Å². The van der Waals surface area contributed by atoms with Crippen LogP contribution in [-0.2, 0) is 12.1 Å². The minimum Gasteiger partial charge on any atom is -0.383 e. The molecule has 1 aliphatic heterocycles. The number of pyridine rings is 1. The molecule has 0 bridgehead atoms. The van der Waals surface area contributed by atoms with Gasteiger partial charge in [-0.2, -0.15) is 5.10 Å². The number of benzene rings is 1. The number of likely N-dealkylation sites (tertiary alicyclic amines) is 1. The number of nitrogens with zero attached hydrogens (tertiary/aromatic N) is 4. The zero-order chi connectivity index (χ0) is 18.1. The Kier molecular flexibility index (Phi) is 4.48. The fourth-order valence-electron chi connectivity index (χ4n) is 4.03. The molecular weight excluding hydrogens is 326 g/mol. The van der Waals surface area contributed by atoms with Crippen LogP contribution in [0.15, 0.2) is 48.7 Å². The largest absolute Gasteiger partial charge is 0.383 e. The Balaban J connectivity index is 1.57. The number of nitrogens with one attached hydrogen (secondary N) is 1. The molecule has 1 fully saturated rings. The lowest BCUT2D eigenvalue weighted by molar-refractivity contribution is -0.0894. The molecule has 3 aromatic rings. The van der Waals surface area contributed by atoms with E-state index in [1.165, 1.54) is 0 Å². The standard InChI is InChI=1S/C20H25N5O/c1-24(2)18-14-25(12-10-20(18,26)15-7-4-3-5-8-15)13-17-16-9-6-11-21-19(16)23-22-17/h3-9,11,18,26H,10,12-14H2,1-2H3,(H,21,22,23)/t18-,20+/m1/s1. The van der Waals surface area contributed by atoms with Gasteiger partial charge in [0, 0.05) is 31.2 Å². The lowest BCUT2D eigenvalue weighted by atomic mass is 9.80. The van der Waals surface area contributed by atoms with Gasteiger partial charge in [-0.25, -0.2) is 4.98 Å². The smallest absolute Gasteiger partial charge is 0.181 e. The van der Waals surface area contributed by atoms with Crippen molar-refractivity contribution < 1.29 is 5.11 Å². The number of fused-ring (bicyclic) bond motifs is 1. The van der Waals surface area contributed by atoms with Crippen LogP contribution in [0.25, 0.3) is 11.0 Å². The molecule has 1 aromatic carbocycles. The molecule has 6 heteroatoms. The molecule has 0 spiro atoms. The van der Waals surface area contributed by atoms with E-state index in [1.54, 1.807) is 6.20 Å². The molecule has 0 unspecified atom stereocenters. The number of hydrogen-bond donors (Lipinski definition) is 2. The molecule has 0 radical (unpaired) electrons. The van der Waals surface area contributed by atoms with Gasteiger partial charge in [0.15, 0.2) is 5.65 Å². The predicted molar refractivity (Wildman–Crippen MR) is 102 cm³/mol. The molecule has 0 saturated carbocycles. The van der Waals surface area contributed by atoms with E-state index in [-0.39, 0.29) is 6.04 Å². The second-order valence-corrected chi connectivity index (χ2v) is 7.33. The summed E-state index contributed by atoms with van der Waals surface area (Å²) in [5, 5.41) is 20.0. The van der Waals surface area contributed by atoms with Gasteiger partial charge < -0.3 is 10.0 Å². The van der Waals surface area contributed by atoms with E-state index in [0.717, 1.165) is 41.9 Å². The Bertz CT molecular complexity index is 878. The van der Waals surface area contributed by atoms with Crippen LogP contribution in [0.3, 0.4) is 0 Å². The first-order valence-electron chi connectivity index (χ1n) is 9.02. The Morgan fingerprint density at radius 2 is 2.04 bits per heavy atom. The molecule has 4 rings (SSSR count). The van der Waals surface area contributed by atoms with E-state index >= 15 is 0 Å². The molecule has 2 aromatic heterocycles. The summed E-state index contributed by atoms with van der Waals surface area (Å²) in [4.78, 5) is 8.80. The molecule has 6 nitrogen and oxygen atoms in total. The Hall–Kier alpha value is -2.28. The fraction of sp³-hybridized carbons (Fsp3) is 0.400. The summed E-state index contributed by atoms with van der Waals surface area (Å²) in [6.07, 6.45) is 2.46. The first kappa shape index (κ1) is 17.1. The monoisotopic (exact) mass is 351 g/mol. The SMILES string of the molecule is CN(C)[C@@H]1CN(Cc2[nH]nc3ncccc23)CC[C@]1(O)c1ccccc1. The molecule has 2 N–H and O–H groups in total. The van der Waals surface area contributed by atoms with Crippen LogP contribution in [-0.4, -0.2) is 63.3 Å². The van der Waals surface area contributed by atoms with Gasteiger partial charge in [0.1, 0.15) is 5.60 Å². The first-order valence-corrected chi connectivity index (χ1v) is 9.02. The fourth-order valence-corrected chi connectivity index (χ4v) is 4.03. The van der Waals surface area contributed by atoms with Gasteiger partial charge in [0.2, 0.25) is 0 Å². The number of likely N-dealkylation sites (N-methyl/N-ethyl adjacent to an activating group) is 1. The molecule has 0 aliphatic carbocycles. The maximum absolute atomic E-state index is 11.5. The molecule has 2 atom stereocenters. The summed E-state index contributed by atoms with van der Waals surface area (Å²) in [5.74, 6) is 0. The molecular formula is C20H25N5O. The molecule has 26 heavy (non-hydrogen) atoms. The first-order chi connectivity index (χ1) is 12.6. The highest BCUT2D eigenvalue weighted by molar-refractivity contribution is 5.77. The van der Waals surface area contributed by atoms with Crippen molar-refractivity contribution in [3.8, 4) is 0 Å². The van der Waals surface area contributed by atoms with Crippen LogP contribution in [0.2, 0.25) is 0 Å². The number of aromatic nitrogens is 3. The number of aromatic amines is 1. The van der Waals surface area contributed by atoms with Crippen LogP contribution in [0.4, 0.5) is 0 Å². The third kappa shape index (κ3) is 3.00. The van der Waals surface area contributed by atoms with E-state index in [9.17, 15) is 5.11 Å². The lowest BCUT2D eigenvalue weighted by Gasteiger charge is -2.47. The summed E-state index contributed by atoms with van der Waals surface area (Å²) in [6, 6.07) is 14.0. The molecule has 1 saturated heterocycles. The molecule has 0 amide bonds. The molecule has 136 valence electrons. The number of H-pyrrole nitrogens is 1. The van der Waals surface area contributed by atoms with E-state index in [1.807, 2.05) is 50.5 Å². The van der Waals surface area contributed by atoms with Crippen molar-refractivity contribution in [2.45, 2.75) is 24.6 Å². The van der Waals surface area contributed by atoms with E-state index in [0.29, 0.717) is 6.42 Å². The summed E-state index contributed by atoms with van der Waals surface area (Å²) in [7, 11) is 4.08. The summed E-state index contributed by atoms with van der Waals surface area (Å²) in [5.41, 5.74) is 1.99. The lowest BCUT2D eigenvalue weighted by Crippen LogP contribution is -2.58. The van der Waals surface area contributed by atoms with Gasteiger partial charge in [-0.15, -0.1) is 0 Å². The minimum atomic E-state index is -0.834. The summed E-state index contributed by atoms with van der Waals surface area (Å²) >= 11 is 0. The van der Waals surface area contributed by atoms with Crippen molar-refractivity contribution in [3.05, 3.63) is 59.9 Å². The number of rotatable bonds is 4. The van der Waals surface area contributed by atoms with Crippen LogP contribution in [0.1, 0.15) is 17.7 Å². The zero-order valence-corrected chi connectivity index (χ0v) is 15.3. The van der Waals surface area contributed by atoms with Gasteiger partial charge in [0.25, 0.3) is 0 Å². The Labute approximate surface area is 153 Å². The maximum atomic E-state index is 11.5. The van der Waals surface area contributed by atoms with Gasteiger partial charge in [-0.1, -0.05) is 30.3 Å². The van der Waals surface area contributed by atoms with Crippen LogP contribution < -0.4 is 0 Å². The molecule has 1 aliphatic rings. The van der Waals surface area contributed by atoms with E-state index < -0.39 is 5.60 Å². The van der Waals surface area contributed by atoms with Gasteiger partial charge in [-0.3, -0.25) is 10.00 Å². The second-order valence-electron chi connectivity index (χ2n) is 7.33. The topological polar surface area (TPSA) is 68.3 Å². The van der Waals surface area contributed by atoms with Crippen LogP contribution in [0, 0.1) is 0 Å². The van der Waals surface area contributed by atoms with E-state index in [4.69, 9.17) is 0 Å². The van der Waals surface area contributed by atoms with Crippen molar-refractivity contribution in [1.82, 2.24) is 25.0 Å². The zero-order valence-electron chi connectivity index (χ0n) is 15.3. The number of hydrogen-bond acceptors (Lipinski definition) is 5. The maximum Gasteiger partial charge on any atom is 0.181 e. The normalized spacial score (nSPS) is 24.4. The van der Waals surface area contributed by atoms with Crippen LogP contribution in [0.5, 0.6) is 0 Å². The minimum absolute atomic E-state index is 0.0194. The van der Waals surface area contributed by atoms with Crippen molar-refractivity contribution >= 4 is 11.0 Å². The van der Waals surface area contributed by atoms with Crippen molar-refractivity contribution in [2.75, 3.05) is 27.2 Å². The summed E-state index contributed by atoms with van der Waals surface area (Å²) in [6.45, 7) is 2.40. The van der Waals surface area contributed by atoms with Gasteiger partial charge in [-0.05, 0) is 38.2 Å². The Morgan fingerprint density at radius 1 is 1.23 bits per heavy atom. The van der Waals surface area contributed by atoms with Gasteiger partial charge >= 0.3 is 0 Å². The van der Waals surface area contributed by atoms with Crippen LogP contribution >= 0.6 is 0 Å². The second kappa shape index (κ2) is 6.79. The van der Waals surface area contributed by atoms with Crippen molar-refractivity contribution in [3.63, 3.8) is 0 Å². The van der Waals surface area contributed by atoms with Crippen molar-refractivity contribution in [1.29, 1.82) is 0 Å². The third-order valence-corrected chi connectivity index (χ3v) is 5.48. The highest BCUT2D eigenvalue weighted by atomic mass is 16.3. The average molecular weight is 351 g/mol. The number of piperidine rings is 1. The Morgan fingerprint density at radius 3 is 2.81 bits per heavy atom. The quantitative estimate of drug-likeness (QED) is 0.752. The van der Waals surface area contributed by atoms with Crippen molar-refractivity contribution in [2.24, 2.45) is 0 Å².